The van der Waals surface area contributed by atoms with Crippen LogP contribution in [0.25, 0.3) is 4.85 Å². The average molecular weight is 515 g/mol. The van der Waals surface area contributed by atoms with Crippen LogP contribution in [0, 0.1) is 6.57 Å². The third-order valence-corrected chi connectivity index (χ3v) is 5.52. The van der Waals surface area contributed by atoms with Crippen LogP contribution in [0.1, 0.15) is 38.7 Å². The molecule has 1 amide bonds. The van der Waals surface area contributed by atoms with Crippen molar-refractivity contribution in [1.82, 2.24) is 10.7 Å². The van der Waals surface area contributed by atoms with Gasteiger partial charge in [0, 0.05) is 31.8 Å². The number of amides is 1. The summed E-state index contributed by atoms with van der Waals surface area (Å²) in [5, 5.41) is 17.7. The molecular formula is C26H31ClN4O5. The summed E-state index contributed by atoms with van der Waals surface area (Å²) in [6.45, 7) is 12.7. The van der Waals surface area contributed by atoms with Crippen molar-refractivity contribution in [2.75, 3.05) is 26.4 Å². The zero-order valence-electron chi connectivity index (χ0n) is 20.4. The summed E-state index contributed by atoms with van der Waals surface area (Å²) < 4.78 is 17.1. The molecule has 1 heterocycles. The molecule has 0 spiro atoms. The van der Waals surface area contributed by atoms with Gasteiger partial charge in [-0.15, -0.1) is 0 Å². The Kier molecular flexibility index (Phi) is 10.4. The first-order chi connectivity index (χ1) is 17.4. The Bertz CT molecular complexity index is 1120. The number of rotatable bonds is 13. The first kappa shape index (κ1) is 27.3. The van der Waals surface area contributed by atoms with Crippen LogP contribution in [-0.4, -0.2) is 55.2 Å². The second-order valence-electron chi connectivity index (χ2n) is 8.56. The number of nitrogens with one attached hydrogen (secondary N) is 2. The fourth-order valence-electron chi connectivity index (χ4n) is 3.32. The van der Waals surface area contributed by atoms with E-state index in [9.17, 15) is 9.90 Å². The molecule has 0 fully saturated rings. The van der Waals surface area contributed by atoms with E-state index in [1.54, 1.807) is 30.3 Å². The maximum Gasteiger partial charge on any atom is 0.240 e. The highest BCUT2D eigenvalue weighted by atomic mass is 35.5. The molecule has 0 saturated heterocycles. The number of hydrogen-bond donors (Lipinski definition) is 3. The van der Waals surface area contributed by atoms with Crippen LogP contribution in [0.2, 0.25) is 5.02 Å². The summed E-state index contributed by atoms with van der Waals surface area (Å²) in [6.07, 6.45) is 0.911. The van der Waals surface area contributed by atoms with Crippen molar-refractivity contribution in [1.29, 1.82) is 0 Å². The molecular weight excluding hydrogens is 484 g/mol. The van der Waals surface area contributed by atoms with Crippen molar-refractivity contribution in [3.8, 4) is 17.2 Å². The number of hydrogen-bond acceptors (Lipinski definition) is 7. The van der Waals surface area contributed by atoms with E-state index in [4.69, 9.17) is 32.4 Å². The summed E-state index contributed by atoms with van der Waals surface area (Å²) >= 11 is 6.35. The Labute approximate surface area is 216 Å². The highest BCUT2D eigenvalue weighted by Gasteiger charge is 2.15. The minimum Gasteiger partial charge on any atom is -0.502 e. The molecule has 2 aromatic carbocycles. The molecule has 36 heavy (non-hydrogen) atoms. The standard InChI is InChI=1S/C26H31ClN4O5/c1-17(2)29-15-19(32)16-36-25-9-6-20(14-23(25)28-3)34-11-4-12-35-24-8-5-18(13-21(24)27)22-7-10-26(33)31-30-22/h5-6,8-9,13-14,17,19,29,32H,4,7,10-12,15-16H2,1-2H3,(H,31,33)/t19-/m0/s1. The fraction of sp³-hybridized carbons (Fsp3) is 0.423. The van der Waals surface area contributed by atoms with E-state index in [0.29, 0.717) is 67.0 Å². The van der Waals surface area contributed by atoms with Crippen LogP contribution in [0.5, 0.6) is 17.2 Å². The highest BCUT2D eigenvalue weighted by molar-refractivity contribution is 6.32. The number of nitrogens with zero attached hydrogens (tertiary/aromatic N) is 2. The predicted molar refractivity (Wildman–Crippen MR) is 138 cm³/mol. The van der Waals surface area contributed by atoms with Crippen LogP contribution >= 0.6 is 11.6 Å². The minimum atomic E-state index is -0.671. The largest absolute Gasteiger partial charge is 0.502 e. The second kappa shape index (κ2) is 13.7. The molecule has 0 aliphatic carbocycles. The smallest absolute Gasteiger partial charge is 0.240 e. The molecule has 0 radical (unpaired) electrons. The van der Waals surface area contributed by atoms with Gasteiger partial charge in [0.1, 0.15) is 30.0 Å². The first-order valence-corrected chi connectivity index (χ1v) is 12.2. The van der Waals surface area contributed by atoms with E-state index >= 15 is 0 Å². The molecule has 192 valence electrons. The summed E-state index contributed by atoms with van der Waals surface area (Å²) in [7, 11) is 0. The number of aliphatic hydroxyl groups is 1. The fourth-order valence-corrected chi connectivity index (χ4v) is 3.56. The van der Waals surface area contributed by atoms with Gasteiger partial charge < -0.3 is 24.6 Å². The monoisotopic (exact) mass is 514 g/mol. The van der Waals surface area contributed by atoms with Gasteiger partial charge in [0.2, 0.25) is 11.6 Å². The Morgan fingerprint density at radius 1 is 1.14 bits per heavy atom. The Hall–Kier alpha value is -3.32. The Morgan fingerprint density at radius 2 is 1.92 bits per heavy atom. The summed E-state index contributed by atoms with van der Waals surface area (Å²) in [4.78, 5) is 14.8. The molecule has 3 rings (SSSR count). The molecule has 1 aliphatic rings. The lowest BCUT2D eigenvalue weighted by Crippen LogP contribution is -2.35. The SMILES string of the molecule is [C-]#[N+]c1cc(OCCCOc2ccc(C3=NNC(=O)CC3)cc2Cl)ccc1OC[C@@H](O)CNC(C)C. The van der Waals surface area contributed by atoms with Gasteiger partial charge >= 0.3 is 0 Å². The highest BCUT2D eigenvalue weighted by Crippen LogP contribution is 2.32. The van der Waals surface area contributed by atoms with Crippen molar-refractivity contribution in [3.05, 3.63) is 58.4 Å². The number of aliphatic hydroxyl groups excluding tert-OH is 1. The van der Waals surface area contributed by atoms with Crippen molar-refractivity contribution < 1.29 is 24.1 Å². The van der Waals surface area contributed by atoms with E-state index in [1.165, 1.54) is 0 Å². The van der Waals surface area contributed by atoms with E-state index < -0.39 is 6.10 Å². The van der Waals surface area contributed by atoms with Gasteiger partial charge in [-0.25, -0.2) is 10.3 Å². The lowest BCUT2D eigenvalue weighted by molar-refractivity contribution is -0.121. The average Bonchev–Trinajstić information content (AvgIpc) is 2.87. The molecule has 1 aliphatic heterocycles. The number of benzene rings is 2. The van der Waals surface area contributed by atoms with Crippen molar-refractivity contribution in [2.24, 2.45) is 5.10 Å². The second-order valence-corrected chi connectivity index (χ2v) is 8.97. The van der Waals surface area contributed by atoms with Gasteiger partial charge in [0.05, 0.1) is 30.5 Å². The number of carbonyl (C=O) groups excluding carboxylic acids is 1. The van der Waals surface area contributed by atoms with E-state index in [1.807, 2.05) is 19.9 Å². The molecule has 0 saturated carbocycles. The van der Waals surface area contributed by atoms with E-state index in [2.05, 4.69) is 20.7 Å². The predicted octanol–water partition coefficient (Wildman–Crippen LogP) is 4.09. The van der Waals surface area contributed by atoms with Crippen molar-refractivity contribution >= 4 is 28.9 Å². The van der Waals surface area contributed by atoms with Gasteiger partial charge in [-0.3, -0.25) is 4.79 Å². The van der Waals surface area contributed by atoms with Gasteiger partial charge in [-0.05, 0) is 42.0 Å². The summed E-state index contributed by atoms with van der Waals surface area (Å²) in [6, 6.07) is 10.7. The Morgan fingerprint density at radius 3 is 2.61 bits per heavy atom. The van der Waals surface area contributed by atoms with Crippen LogP contribution in [0.3, 0.4) is 0 Å². The Balaban J connectivity index is 1.42. The molecule has 2 aromatic rings. The van der Waals surface area contributed by atoms with Gasteiger partial charge in [0.15, 0.2) is 0 Å². The zero-order valence-corrected chi connectivity index (χ0v) is 21.2. The molecule has 9 nitrogen and oxygen atoms in total. The number of ether oxygens (including phenoxy) is 3. The van der Waals surface area contributed by atoms with Crippen molar-refractivity contribution in [2.45, 2.75) is 45.3 Å². The van der Waals surface area contributed by atoms with Crippen LogP contribution in [0.15, 0.2) is 41.5 Å². The third-order valence-electron chi connectivity index (χ3n) is 5.23. The van der Waals surface area contributed by atoms with Gasteiger partial charge in [-0.2, -0.15) is 5.10 Å². The quantitative estimate of drug-likeness (QED) is 0.274. The minimum absolute atomic E-state index is 0.0910. The maximum absolute atomic E-state index is 11.3. The molecule has 0 unspecified atom stereocenters. The zero-order chi connectivity index (χ0) is 25.9. The molecule has 1 atom stereocenters. The van der Waals surface area contributed by atoms with Crippen molar-refractivity contribution in [3.63, 3.8) is 0 Å². The lowest BCUT2D eigenvalue weighted by Gasteiger charge is -2.16. The lowest BCUT2D eigenvalue weighted by atomic mass is 10.0. The van der Waals surface area contributed by atoms with E-state index in [-0.39, 0.29) is 18.6 Å². The van der Waals surface area contributed by atoms with E-state index in [0.717, 1.165) is 11.3 Å². The number of carbonyl (C=O) groups is 1. The normalized spacial score (nSPS) is 14.0. The third kappa shape index (κ3) is 8.41. The molecule has 3 N–H and O–H groups in total. The first-order valence-electron chi connectivity index (χ1n) is 11.8. The maximum atomic E-state index is 11.3. The number of halogens is 1. The summed E-state index contributed by atoms with van der Waals surface area (Å²) in [5.41, 5.74) is 4.43. The van der Waals surface area contributed by atoms with Gasteiger partial charge in [0.25, 0.3) is 0 Å². The molecule has 0 aromatic heterocycles. The topological polar surface area (TPSA) is 106 Å². The molecule has 10 heteroatoms. The van der Waals surface area contributed by atoms with Crippen LogP contribution in [0.4, 0.5) is 5.69 Å². The molecule has 0 bridgehead atoms. The van der Waals surface area contributed by atoms with Crippen LogP contribution < -0.4 is 25.0 Å². The number of hydrazone groups is 1. The van der Waals surface area contributed by atoms with Crippen LogP contribution in [-0.2, 0) is 4.79 Å². The summed E-state index contributed by atoms with van der Waals surface area (Å²) in [5.74, 6) is 1.43. The van der Waals surface area contributed by atoms with Gasteiger partial charge in [-0.1, -0.05) is 25.4 Å².